The maximum absolute atomic E-state index is 11.8. The van der Waals surface area contributed by atoms with Gasteiger partial charge < -0.3 is 19.5 Å². The predicted molar refractivity (Wildman–Crippen MR) is 138 cm³/mol. The molecule has 3 heterocycles. The molecule has 1 saturated carbocycles. The molecule has 196 valence electrons. The molecule has 5 rings (SSSR count). The van der Waals surface area contributed by atoms with E-state index in [1.54, 1.807) is 0 Å². The SMILES string of the molecule is CC1CCC(Nc2ncc(-c3ccc(OC4CCN(S(C)(=O)=O)C4)cc3)c(OC3CCOC3)n2)CC1. The molecule has 0 bridgehead atoms. The highest BCUT2D eigenvalue weighted by atomic mass is 32.2. The first-order chi connectivity index (χ1) is 17.3. The average Bonchev–Trinajstić information content (AvgIpc) is 3.54. The molecule has 0 radical (unpaired) electrons. The van der Waals surface area contributed by atoms with E-state index in [1.807, 2.05) is 30.5 Å². The lowest BCUT2D eigenvalue weighted by atomic mass is 9.87. The quantitative estimate of drug-likeness (QED) is 0.566. The van der Waals surface area contributed by atoms with E-state index in [1.165, 1.54) is 23.4 Å². The van der Waals surface area contributed by atoms with Crippen molar-refractivity contribution in [1.29, 1.82) is 0 Å². The van der Waals surface area contributed by atoms with Crippen LogP contribution in [0.5, 0.6) is 11.6 Å². The van der Waals surface area contributed by atoms with Gasteiger partial charge in [-0.15, -0.1) is 0 Å². The third kappa shape index (κ3) is 6.27. The maximum atomic E-state index is 11.8. The van der Waals surface area contributed by atoms with Crippen molar-refractivity contribution in [1.82, 2.24) is 14.3 Å². The first-order valence-corrected chi connectivity index (χ1v) is 14.8. The van der Waals surface area contributed by atoms with Crippen LogP contribution in [0.3, 0.4) is 0 Å². The van der Waals surface area contributed by atoms with E-state index in [-0.39, 0.29) is 12.2 Å². The summed E-state index contributed by atoms with van der Waals surface area (Å²) >= 11 is 0. The van der Waals surface area contributed by atoms with Gasteiger partial charge in [0.1, 0.15) is 18.0 Å². The number of nitrogens with one attached hydrogen (secondary N) is 1. The van der Waals surface area contributed by atoms with Crippen LogP contribution >= 0.6 is 0 Å². The van der Waals surface area contributed by atoms with Crippen LogP contribution in [0, 0.1) is 5.92 Å². The molecule has 2 saturated heterocycles. The van der Waals surface area contributed by atoms with Gasteiger partial charge in [-0.25, -0.2) is 13.4 Å². The fraction of sp³-hybridized carbons (Fsp3) is 0.615. The topological polar surface area (TPSA) is 103 Å². The number of hydrogen-bond acceptors (Lipinski definition) is 8. The van der Waals surface area contributed by atoms with Crippen LogP contribution in [0.25, 0.3) is 11.1 Å². The van der Waals surface area contributed by atoms with Crippen LogP contribution in [-0.2, 0) is 14.8 Å². The van der Waals surface area contributed by atoms with Gasteiger partial charge in [-0.3, -0.25) is 0 Å². The lowest BCUT2D eigenvalue weighted by Gasteiger charge is -2.27. The van der Waals surface area contributed by atoms with E-state index in [0.717, 1.165) is 36.3 Å². The second-order valence-corrected chi connectivity index (χ2v) is 12.3. The molecule has 1 aromatic heterocycles. The van der Waals surface area contributed by atoms with Crippen LogP contribution in [-0.4, -0.2) is 73.5 Å². The van der Waals surface area contributed by atoms with E-state index >= 15 is 0 Å². The van der Waals surface area contributed by atoms with Crippen molar-refractivity contribution in [2.24, 2.45) is 5.92 Å². The molecular formula is C26H36N4O5S. The molecule has 2 aromatic rings. The lowest BCUT2D eigenvalue weighted by Crippen LogP contribution is -2.29. The molecule has 3 fully saturated rings. The van der Waals surface area contributed by atoms with Crippen LogP contribution in [0.4, 0.5) is 5.95 Å². The average molecular weight is 517 g/mol. The zero-order chi connectivity index (χ0) is 25.1. The molecule has 10 heteroatoms. The third-order valence-corrected chi connectivity index (χ3v) is 8.58. The molecule has 1 aliphatic carbocycles. The highest BCUT2D eigenvalue weighted by Gasteiger charge is 2.30. The number of benzene rings is 1. The number of aromatic nitrogens is 2. The first kappa shape index (κ1) is 25.2. The highest BCUT2D eigenvalue weighted by molar-refractivity contribution is 7.88. The summed E-state index contributed by atoms with van der Waals surface area (Å²) in [5.74, 6) is 2.65. The second-order valence-electron chi connectivity index (χ2n) is 10.3. The summed E-state index contributed by atoms with van der Waals surface area (Å²) in [5.41, 5.74) is 1.75. The normalized spacial score (nSPS) is 27.2. The Bertz CT molecular complexity index is 1130. The largest absolute Gasteiger partial charge is 0.489 e. The van der Waals surface area contributed by atoms with Crippen molar-refractivity contribution < 1.29 is 22.6 Å². The number of rotatable bonds is 8. The lowest BCUT2D eigenvalue weighted by molar-refractivity contribution is 0.138. The van der Waals surface area contributed by atoms with Crippen molar-refractivity contribution in [3.8, 4) is 22.8 Å². The molecule has 2 aliphatic heterocycles. The molecular weight excluding hydrogens is 480 g/mol. The highest BCUT2D eigenvalue weighted by Crippen LogP contribution is 2.33. The molecule has 0 amide bonds. The molecule has 3 aliphatic rings. The summed E-state index contributed by atoms with van der Waals surface area (Å²) in [6.07, 6.45) is 9.10. The Kier molecular flexibility index (Phi) is 7.64. The molecule has 1 aromatic carbocycles. The fourth-order valence-electron chi connectivity index (χ4n) is 5.07. The van der Waals surface area contributed by atoms with E-state index in [4.69, 9.17) is 19.2 Å². The van der Waals surface area contributed by atoms with E-state index in [0.29, 0.717) is 56.3 Å². The summed E-state index contributed by atoms with van der Waals surface area (Å²) in [5, 5.41) is 3.51. The summed E-state index contributed by atoms with van der Waals surface area (Å²) in [7, 11) is -3.19. The van der Waals surface area contributed by atoms with Gasteiger partial charge in [-0.1, -0.05) is 19.1 Å². The minimum Gasteiger partial charge on any atom is -0.489 e. The van der Waals surface area contributed by atoms with Crippen molar-refractivity contribution in [2.45, 2.75) is 63.7 Å². The zero-order valence-corrected chi connectivity index (χ0v) is 21.9. The van der Waals surface area contributed by atoms with Gasteiger partial charge in [0.15, 0.2) is 0 Å². The van der Waals surface area contributed by atoms with Crippen molar-refractivity contribution in [2.75, 3.05) is 37.9 Å². The predicted octanol–water partition coefficient (Wildman–Crippen LogP) is 3.71. The van der Waals surface area contributed by atoms with Crippen LogP contribution in [0.2, 0.25) is 0 Å². The van der Waals surface area contributed by atoms with Crippen LogP contribution < -0.4 is 14.8 Å². The van der Waals surface area contributed by atoms with Crippen molar-refractivity contribution in [3.05, 3.63) is 30.5 Å². The zero-order valence-electron chi connectivity index (χ0n) is 21.1. The Morgan fingerprint density at radius 2 is 1.81 bits per heavy atom. The summed E-state index contributed by atoms with van der Waals surface area (Å²) in [4.78, 5) is 9.38. The Morgan fingerprint density at radius 3 is 2.47 bits per heavy atom. The molecule has 9 nitrogen and oxygen atoms in total. The van der Waals surface area contributed by atoms with Crippen molar-refractivity contribution >= 4 is 16.0 Å². The maximum Gasteiger partial charge on any atom is 0.226 e. The molecule has 2 atom stereocenters. The Morgan fingerprint density at radius 1 is 1.03 bits per heavy atom. The Labute approximate surface area is 213 Å². The third-order valence-electron chi connectivity index (χ3n) is 7.31. The smallest absolute Gasteiger partial charge is 0.226 e. The number of sulfonamides is 1. The van der Waals surface area contributed by atoms with Gasteiger partial charge in [-0.2, -0.15) is 9.29 Å². The summed E-state index contributed by atoms with van der Waals surface area (Å²) < 4.78 is 42.8. The van der Waals surface area contributed by atoms with E-state index < -0.39 is 10.0 Å². The van der Waals surface area contributed by atoms with Gasteiger partial charge in [0.25, 0.3) is 0 Å². The number of ether oxygens (including phenoxy) is 3. The Hall–Kier alpha value is -2.43. The van der Waals surface area contributed by atoms with Crippen molar-refractivity contribution in [3.63, 3.8) is 0 Å². The monoisotopic (exact) mass is 516 g/mol. The number of hydrogen-bond donors (Lipinski definition) is 1. The van der Waals surface area contributed by atoms with E-state index in [9.17, 15) is 8.42 Å². The summed E-state index contributed by atoms with van der Waals surface area (Å²) in [6.45, 7) is 4.44. The number of anilines is 1. The van der Waals surface area contributed by atoms with E-state index in [2.05, 4.69) is 17.2 Å². The summed E-state index contributed by atoms with van der Waals surface area (Å²) in [6, 6.07) is 8.11. The second kappa shape index (κ2) is 10.9. The fourth-order valence-corrected chi connectivity index (χ4v) is 5.95. The van der Waals surface area contributed by atoms with Crippen LogP contribution in [0.1, 0.15) is 45.4 Å². The Balaban J connectivity index is 1.30. The van der Waals surface area contributed by atoms with Gasteiger partial charge in [0.2, 0.25) is 21.9 Å². The molecule has 1 N–H and O–H groups in total. The molecule has 36 heavy (non-hydrogen) atoms. The van der Waals surface area contributed by atoms with Gasteiger partial charge in [0.05, 0.1) is 31.6 Å². The number of nitrogens with zero attached hydrogens (tertiary/aromatic N) is 3. The van der Waals surface area contributed by atoms with Crippen LogP contribution in [0.15, 0.2) is 30.5 Å². The minimum atomic E-state index is -3.19. The van der Waals surface area contributed by atoms with Gasteiger partial charge >= 0.3 is 0 Å². The minimum absolute atomic E-state index is 0.0233. The van der Waals surface area contributed by atoms with Gasteiger partial charge in [-0.05, 0) is 55.7 Å². The standard InChI is InChI=1S/C26H36N4O5S/c1-18-3-7-20(8-4-18)28-26-27-15-24(25(29-26)35-23-12-14-33-17-23)19-5-9-21(10-6-19)34-22-11-13-30(16-22)36(2,31)32/h5-6,9-10,15,18,20,22-23H,3-4,7-8,11-14,16-17H2,1-2H3,(H,27,28,29). The van der Waals surface area contributed by atoms with Gasteiger partial charge in [0, 0.05) is 25.2 Å². The first-order valence-electron chi connectivity index (χ1n) is 12.9. The molecule has 2 unspecified atom stereocenters. The molecule has 0 spiro atoms.